The molecule has 0 heterocycles. The second kappa shape index (κ2) is 28.0. The van der Waals surface area contributed by atoms with Crippen LogP contribution < -0.4 is 14.7 Å². The van der Waals surface area contributed by atoms with E-state index in [4.69, 9.17) is 0 Å². The van der Waals surface area contributed by atoms with E-state index in [1.807, 2.05) is 18.2 Å². The summed E-state index contributed by atoms with van der Waals surface area (Å²) in [5.74, 6) is 0. The van der Waals surface area contributed by atoms with Gasteiger partial charge in [0.1, 0.15) is 0 Å². The average molecular weight is 1430 g/mol. The Morgan fingerprint density at radius 3 is 0.688 bits per heavy atom. The minimum Gasteiger partial charge on any atom is -0.310 e. The van der Waals surface area contributed by atoms with Crippen LogP contribution in [0.15, 0.2) is 390 Å². The van der Waals surface area contributed by atoms with E-state index in [0.717, 1.165) is 64.6 Å². The van der Waals surface area contributed by atoms with E-state index >= 15 is 0 Å². The Hall–Kier alpha value is -10.9. The summed E-state index contributed by atoms with van der Waals surface area (Å²) in [6.07, 6.45) is 0. The molecular weight excluding hydrogens is 1360 g/mol. The molecule has 3 nitrogen and oxygen atoms in total. The van der Waals surface area contributed by atoms with Crippen LogP contribution in [0.3, 0.4) is 0 Å². The highest BCUT2D eigenvalue weighted by Gasteiger charge is 2.20. The number of hydrogen-bond acceptors (Lipinski definition) is 3. The molecule has 0 aliphatic carbocycles. The number of fused-ring (bicyclic) bond motifs is 10. The van der Waals surface area contributed by atoms with Crippen molar-refractivity contribution in [2.45, 2.75) is 0 Å². The van der Waals surface area contributed by atoms with Gasteiger partial charge in [-0.1, -0.05) is 284 Å². The van der Waals surface area contributed by atoms with Gasteiger partial charge >= 0.3 is 0 Å². The van der Waals surface area contributed by atoms with Gasteiger partial charge in [0.25, 0.3) is 0 Å². The van der Waals surface area contributed by atoms with Crippen LogP contribution in [-0.2, 0) is 0 Å². The topological polar surface area (TPSA) is 9.72 Å². The zero-order chi connectivity index (χ0) is 64.7. The van der Waals surface area contributed by atoms with Crippen molar-refractivity contribution in [2.24, 2.45) is 0 Å². The van der Waals surface area contributed by atoms with Crippen LogP contribution >= 0.6 is 47.8 Å². The summed E-state index contributed by atoms with van der Waals surface area (Å²) in [5, 5.41) is 15.1. The third-order valence-corrected chi connectivity index (χ3v) is 19.5. The molecule has 0 aliphatic heterocycles. The summed E-state index contributed by atoms with van der Waals surface area (Å²) in [6.45, 7) is 0. The summed E-state index contributed by atoms with van der Waals surface area (Å²) >= 11 is 11.0. The Morgan fingerprint density at radius 1 is 0.156 bits per heavy atom. The van der Waals surface area contributed by atoms with Gasteiger partial charge in [-0.25, -0.2) is 0 Å². The first kappa shape index (κ1) is 61.3. The number of hydrogen-bond donors (Lipinski definition) is 0. The summed E-state index contributed by atoms with van der Waals surface area (Å²) in [5.41, 5.74) is 15.0. The van der Waals surface area contributed by atoms with E-state index in [9.17, 15) is 0 Å². The lowest BCUT2D eigenvalue weighted by molar-refractivity contribution is 1.28. The molecule has 0 atom stereocenters. The number of halogens is 3. The molecule has 0 aromatic heterocycles. The fourth-order valence-corrected chi connectivity index (χ4v) is 14.9. The average Bonchev–Trinajstić information content (AvgIpc) is 0.741. The maximum atomic E-state index is 3.71. The highest BCUT2D eigenvalue weighted by atomic mass is 79.9. The Kier molecular flexibility index (Phi) is 17.9. The summed E-state index contributed by atoms with van der Waals surface area (Å²) < 4.78 is 3.37. The lowest BCUT2D eigenvalue weighted by Gasteiger charge is -2.26. The Morgan fingerprint density at radius 2 is 0.385 bits per heavy atom. The number of anilines is 9. The van der Waals surface area contributed by atoms with Crippen molar-refractivity contribution in [3.05, 3.63) is 390 Å². The van der Waals surface area contributed by atoms with Crippen molar-refractivity contribution >= 4 is 164 Å². The molecule has 17 rings (SSSR count). The van der Waals surface area contributed by atoms with Crippen LogP contribution in [0.4, 0.5) is 51.2 Å². The zero-order valence-corrected chi connectivity index (χ0v) is 57.0. The molecule has 0 bridgehead atoms. The SMILES string of the molecule is Brc1cc2c3ccccc3c(Br)cc2c2ccccc12.Brc1cccc(N(c2ccccc2)c2ccccc2)c1.c1ccc(N(c2ccccc2)c2cccc(-c3cc4c5ccccc5c(-c5cccc(N(c6ccccc6)c6ccccc6)c5)cc4c4ccccc34)c2)cc1. The van der Waals surface area contributed by atoms with Gasteiger partial charge in [0.15, 0.2) is 0 Å². The van der Waals surface area contributed by atoms with Gasteiger partial charge < -0.3 is 14.7 Å². The number of benzene rings is 17. The maximum absolute atomic E-state index is 3.71. The largest absolute Gasteiger partial charge is 0.310 e. The molecule has 0 amide bonds. The molecule has 0 spiro atoms. The lowest BCUT2D eigenvalue weighted by Crippen LogP contribution is -2.09. The fraction of sp³-hybridized carbons (Fsp3) is 0. The first-order valence-electron chi connectivity index (χ1n) is 32.1. The standard InChI is InChI=1S/C54H38N2.C18H10Br2.C18H14BrN/c1-5-21-41(22-6-1)55(42-23-7-2-8-24-42)45-29-17-19-39(35-45)51-37-53-50-34-16-14-32-48(50)52(38-54(53)49-33-15-13-31-47(49)51)40-20-18-30-46(36-40)56(43-25-9-3-10-26-43)44-27-11-4-12-28-44;19-17-10-16-12-6-2-4-8-14(12)18(20)9-15(16)11-5-1-3-7-13(11)17;19-15-8-7-13-18(14-15)20(16-9-3-1-4-10-16)17-11-5-2-6-12-17/h1-38H;1-10H;1-14H. The molecule has 0 radical (unpaired) electrons. The normalized spacial score (nSPS) is 11.1. The van der Waals surface area contributed by atoms with E-state index in [2.05, 4.69) is 420 Å². The summed E-state index contributed by atoms with van der Waals surface area (Å²) in [7, 11) is 0. The second-order valence-corrected chi connectivity index (χ2v) is 26.2. The predicted molar refractivity (Wildman–Crippen MR) is 422 cm³/mol. The third kappa shape index (κ3) is 12.6. The first-order chi connectivity index (χ1) is 47.4. The van der Waals surface area contributed by atoms with Crippen LogP contribution in [0.25, 0.3) is 86.9 Å². The molecule has 458 valence electrons. The van der Waals surface area contributed by atoms with Crippen LogP contribution in [0.1, 0.15) is 0 Å². The monoisotopic (exact) mass is 1420 g/mol. The van der Waals surface area contributed by atoms with E-state index in [1.165, 1.54) is 86.9 Å². The molecule has 0 saturated heterocycles. The summed E-state index contributed by atoms with van der Waals surface area (Å²) in [6, 6.07) is 134. The van der Waals surface area contributed by atoms with Gasteiger partial charge in [0.05, 0.1) is 0 Å². The molecule has 96 heavy (non-hydrogen) atoms. The van der Waals surface area contributed by atoms with Gasteiger partial charge in [-0.05, 0) is 226 Å². The molecule has 0 fully saturated rings. The van der Waals surface area contributed by atoms with Gasteiger partial charge in [-0.15, -0.1) is 0 Å². The lowest BCUT2D eigenvalue weighted by atomic mass is 9.87. The molecule has 0 saturated carbocycles. The van der Waals surface area contributed by atoms with Crippen molar-refractivity contribution < 1.29 is 0 Å². The van der Waals surface area contributed by atoms with Crippen LogP contribution in [0, 0.1) is 0 Å². The van der Waals surface area contributed by atoms with Crippen molar-refractivity contribution in [1.29, 1.82) is 0 Å². The van der Waals surface area contributed by atoms with Crippen LogP contribution in [-0.4, -0.2) is 0 Å². The molecule has 0 N–H and O–H groups in total. The predicted octanol–water partition coefficient (Wildman–Crippen LogP) is 28.0. The first-order valence-corrected chi connectivity index (χ1v) is 34.5. The molecule has 17 aromatic carbocycles. The Balaban J connectivity index is 0.000000152. The highest BCUT2D eigenvalue weighted by molar-refractivity contribution is 9.11. The minimum atomic E-state index is 1.08. The van der Waals surface area contributed by atoms with Crippen molar-refractivity contribution in [3.63, 3.8) is 0 Å². The molecule has 6 heteroatoms. The van der Waals surface area contributed by atoms with E-state index in [1.54, 1.807) is 0 Å². The van der Waals surface area contributed by atoms with Crippen LogP contribution in [0.2, 0.25) is 0 Å². The number of nitrogens with zero attached hydrogens (tertiary/aromatic N) is 3. The van der Waals surface area contributed by atoms with Gasteiger partial charge in [-0.2, -0.15) is 0 Å². The van der Waals surface area contributed by atoms with Gasteiger partial charge in [-0.3, -0.25) is 0 Å². The maximum Gasteiger partial charge on any atom is 0.0472 e. The smallest absolute Gasteiger partial charge is 0.0472 e. The van der Waals surface area contributed by atoms with E-state index < -0.39 is 0 Å². The second-order valence-electron chi connectivity index (χ2n) is 23.5. The molecule has 0 unspecified atom stereocenters. The molecule has 17 aromatic rings. The van der Waals surface area contributed by atoms with Crippen molar-refractivity contribution in [3.8, 4) is 22.3 Å². The van der Waals surface area contributed by atoms with Crippen molar-refractivity contribution in [1.82, 2.24) is 0 Å². The van der Waals surface area contributed by atoms with Gasteiger partial charge in [0, 0.05) is 64.6 Å². The third-order valence-electron chi connectivity index (χ3n) is 17.6. The molecular formula is C90H62Br3N3. The van der Waals surface area contributed by atoms with Gasteiger partial charge in [0.2, 0.25) is 0 Å². The fourth-order valence-electron chi connectivity index (χ4n) is 13.3. The number of para-hydroxylation sites is 6. The Bertz CT molecular complexity index is 5180. The highest BCUT2D eigenvalue weighted by Crippen LogP contribution is 2.46. The minimum absolute atomic E-state index is 1.08. The number of rotatable bonds is 11. The summed E-state index contributed by atoms with van der Waals surface area (Å²) in [4.78, 5) is 6.91. The van der Waals surface area contributed by atoms with Crippen molar-refractivity contribution in [2.75, 3.05) is 14.7 Å². The Labute approximate surface area is 585 Å². The van der Waals surface area contributed by atoms with Crippen LogP contribution in [0.5, 0.6) is 0 Å². The van der Waals surface area contributed by atoms with E-state index in [-0.39, 0.29) is 0 Å². The quantitative estimate of drug-likeness (QED) is 0.120. The molecule has 0 aliphatic rings. The zero-order valence-electron chi connectivity index (χ0n) is 52.3. The van der Waals surface area contributed by atoms with E-state index in [0.29, 0.717) is 0 Å².